The molecule has 1 heterocycles. The van der Waals surface area contributed by atoms with Crippen LogP contribution in [-0.2, 0) is 16.0 Å². The number of ether oxygens (including phenoxy) is 1. The molecule has 1 N–H and O–H groups in total. The predicted molar refractivity (Wildman–Crippen MR) is 71.3 cm³/mol. The van der Waals surface area contributed by atoms with E-state index in [9.17, 15) is 4.79 Å². The second kappa shape index (κ2) is 5.11. The Kier molecular flexibility index (Phi) is 3.71. The van der Waals surface area contributed by atoms with Gasteiger partial charge in [0.25, 0.3) is 0 Å². The molecule has 1 aromatic rings. The minimum Gasteiger partial charge on any atom is -0.459 e. The van der Waals surface area contributed by atoms with Gasteiger partial charge in [-0.25, -0.2) is 0 Å². The summed E-state index contributed by atoms with van der Waals surface area (Å²) in [5, 5.41) is 3.19. The summed E-state index contributed by atoms with van der Waals surface area (Å²) in [4.78, 5) is 11.8. The normalized spacial score (nSPS) is 22.6. The molecule has 98 valence electrons. The van der Waals surface area contributed by atoms with Crippen LogP contribution in [0, 0.1) is 0 Å². The van der Waals surface area contributed by atoms with E-state index in [1.165, 1.54) is 5.56 Å². The first-order valence-corrected chi connectivity index (χ1v) is 6.48. The fraction of sp³-hybridized carbons (Fsp3) is 0.533. The molecule has 0 spiro atoms. The maximum absolute atomic E-state index is 11.8. The zero-order valence-corrected chi connectivity index (χ0v) is 11.3. The fourth-order valence-electron chi connectivity index (χ4n) is 1.99. The van der Waals surface area contributed by atoms with E-state index in [0.717, 1.165) is 12.8 Å². The van der Waals surface area contributed by atoms with Gasteiger partial charge in [-0.1, -0.05) is 30.3 Å². The number of carbonyl (C=O) groups excluding carboxylic acids is 1. The standard InChI is InChI=1S/C15H21NO2/c1-15(2,3)18-14(17)13-12(16-13)10-9-11-7-5-4-6-8-11/h4-8,12-13,16H,9-10H2,1-3H3/t12?,13-/m1/s1. The Morgan fingerprint density at radius 3 is 2.56 bits per heavy atom. The zero-order valence-electron chi connectivity index (χ0n) is 11.3. The zero-order chi connectivity index (χ0) is 13.2. The Morgan fingerprint density at radius 2 is 1.94 bits per heavy atom. The van der Waals surface area contributed by atoms with Gasteiger partial charge in [0, 0.05) is 6.04 Å². The predicted octanol–water partition coefficient (Wildman–Crippen LogP) is 2.30. The van der Waals surface area contributed by atoms with Gasteiger partial charge in [0.1, 0.15) is 11.6 Å². The molecule has 1 aromatic carbocycles. The molecule has 3 nitrogen and oxygen atoms in total. The molecular formula is C15H21NO2. The van der Waals surface area contributed by atoms with E-state index in [2.05, 4.69) is 17.4 Å². The number of nitrogens with one attached hydrogen (secondary N) is 1. The van der Waals surface area contributed by atoms with E-state index in [1.54, 1.807) is 0 Å². The largest absolute Gasteiger partial charge is 0.459 e. The van der Waals surface area contributed by atoms with Gasteiger partial charge in [0.15, 0.2) is 0 Å². The van der Waals surface area contributed by atoms with Gasteiger partial charge in [-0.05, 0) is 39.2 Å². The SMILES string of the molecule is CC(C)(C)OC(=O)[C@@H]1NC1CCc1ccccc1. The molecule has 18 heavy (non-hydrogen) atoms. The minimum atomic E-state index is -0.397. The molecule has 2 rings (SSSR count). The number of benzene rings is 1. The number of hydrogen-bond acceptors (Lipinski definition) is 3. The summed E-state index contributed by atoms with van der Waals surface area (Å²) in [5.41, 5.74) is 0.917. The van der Waals surface area contributed by atoms with Crippen molar-refractivity contribution < 1.29 is 9.53 Å². The average Bonchev–Trinajstić information content (AvgIpc) is 3.05. The summed E-state index contributed by atoms with van der Waals surface area (Å²) in [5.74, 6) is -0.124. The first kappa shape index (κ1) is 13.1. The van der Waals surface area contributed by atoms with Gasteiger partial charge in [-0.3, -0.25) is 10.1 Å². The van der Waals surface area contributed by atoms with Crippen molar-refractivity contribution in [2.75, 3.05) is 0 Å². The second-order valence-electron chi connectivity index (χ2n) is 5.81. The number of carbonyl (C=O) groups is 1. The summed E-state index contributed by atoms with van der Waals surface area (Å²) in [6, 6.07) is 10.5. The molecular weight excluding hydrogens is 226 g/mol. The topological polar surface area (TPSA) is 48.2 Å². The van der Waals surface area contributed by atoms with Gasteiger partial charge in [0.2, 0.25) is 0 Å². The van der Waals surface area contributed by atoms with Gasteiger partial charge in [0.05, 0.1) is 0 Å². The number of esters is 1. The van der Waals surface area contributed by atoms with E-state index < -0.39 is 5.60 Å². The van der Waals surface area contributed by atoms with Crippen molar-refractivity contribution >= 4 is 5.97 Å². The van der Waals surface area contributed by atoms with Crippen molar-refractivity contribution in [3.63, 3.8) is 0 Å². The summed E-state index contributed by atoms with van der Waals surface area (Å²) >= 11 is 0. The first-order chi connectivity index (χ1) is 8.46. The molecule has 0 aliphatic carbocycles. The van der Waals surface area contributed by atoms with Crippen LogP contribution in [-0.4, -0.2) is 23.7 Å². The molecule has 3 heteroatoms. The third-order valence-electron chi connectivity index (χ3n) is 2.93. The number of aryl methyl sites for hydroxylation is 1. The molecule has 0 amide bonds. The lowest BCUT2D eigenvalue weighted by atomic mass is 10.1. The highest BCUT2D eigenvalue weighted by atomic mass is 16.6. The average molecular weight is 247 g/mol. The van der Waals surface area contributed by atoms with E-state index in [1.807, 2.05) is 39.0 Å². The van der Waals surface area contributed by atoms with Crippen LogP contribution in [0.3, 0.4) is 0 Å². The highest BCUT2D eigenvalue weighted by Crippen LogP contribution is 2.21. The van der Waals surface area contributed by atoms with Crippen molar-refractivity contribution in [3.05, 3.63) is 35.9 Å². The Balaban J connectivity index is 1.74. The van der Waals surface area contributed by atoms with Crippen LogP contribution in [0.2, 0.25) is 0 Å². The molecule has 0 aromatic heterocycles. The van der Waals surface area contributed by atoms with Crippen LogP contribution in [0.1, 0.15) is 32.8 Å². The maximum Gasteiger partial charge on any atom is 0.325 e. The van der Waals surface area contributed by atoms with Crippen LogP contribution in [0.15, 0.2) is 30.3 Å². The minimum absolute atomic E-state index is 0.104. The summed E-state index contributed by atoms with van der Waals surface area (Å²) in [6.07, 6.45) is 1.98. The Bertz CT molecular complexity index is 408. The van der Waals surface area contributed by atoms with E-state index in [0.29, 0.717) is 0 Å². The molecule has 1 aliphatic heterocycles. The molecule has 0 bridgehead atoms. The Labute approximate surface area is 109 Å². The van der Waals surface area contributed by atoms with Gasteiger partial charge in [-0.15, -0.1) is 0 Å². The van der Waals surface area contributed by atoms with Crippen LogP contribution >= 0.6 is 0 Å². The van der Waals surface area contributed by atoms with E-state index >= 15 is 0 Å². The smallest absolute Gasteiger partial charge is 0.325 e. The van der Waals surface area contributed by atoms with Gasteiger partial charge in [-0.2, -0.15) is 0 Å². The molecule has 0 saturated carbocycles. The molecule has 1 aliphatic rings. The second-order valence-corrected chi connectivity index (χ2v) is 5.81. The molecule has 1 unspecified atom stereocenters. The van der Waals surface area contributed by atoms with Gasteiger partial charge < -0.3 is 4.74 Å². The molecule has 0 radical (unpaired) electrons. The lowest BCUT2D eigenvalue weighted by molar-refractivity contribution is -0.154. The number of hydrogen-bond donors (Lipinski definition) is 1. The molecule has 1 saturated heterocycles. The summed E-state index contributed by atoms with van der Waals surface area (Å²) in [6.45, 7) is 5.69. The summed E-state index contributed by atoms with van der Waals surface area (Å²) < 4.78 is 5.34. The highest BCUT2D eigenvalue weighted by Gasteiger charge is 2.44. The fourth-order valence-corrected chi connectivity index (χ4v) is 1.99. The lowest BCUT2D eigenvalue weighted by Gasteiger charge is -2.19. The van der Waals surface area contributed by atoms with Crippen molar-refractivity contribution in [2.45, 2.75) is 51.3 Å². The van der Waals surface area contributed by atoms with Crippen molar-refractivity contribution in [3.8, 4) is 0 Å². The quantitative estimate of drug-likeness (QED) is 0.656. The highest BCUT2D eigenvalue weighted by molar-refractivity contribution is 5.80. The van der Waals surface area contributed by atoms with E-state index in [4.69, 9.17) is 4.74 Å². The van der Waals surface area contributed by atoms with Crippen LogP contribution in [0.5, 0.6) is 0 Å². The number of rotatable bonds is 4. The van der Waals surface area contributed by atoms with Crippen LogP contribution < -0.4 is 5.32 Å². The Morgan fingerprint density at radius 1 is 1.28 bits per heavy atom. The third kappa shape index (κ3) is 3.84. The van der Waals surface area contributed by atoms with Crippen molar-refractivity contribution in [2.24, 2.45) is 0 Å². The lowest BCUT2D eigenvalue weighted by Crippen LogP contribution is -2.28. The monoisotopic (exact) mass is 247 g/mol. The third-order valence-corrected chi connectivity index (χ3v) is 2.93. The molecule has 1 fully saturated rings. The molecule has 2 atom stereocenters. The first-order valence-electron chi connectivity index (χ1n) is 6.48. The van der Waals surface area contributed by atoms with Crippen LogP contribution in [0.4, 0.5) is 0 Å². The Hall–Kier alpha value is -1.35. The summed E-state index contributed by atoms with van der Waals surface area (Å²) in [7, 11) is 0. The van der Waals surface area contributed by atoms with Crippen molar-refractivity contribution in [1.82, 2.24) is 5.32 Å². The maximum atomic E-state index is 11.8. The van der Waals surface area contributed by atoms with E-state index in [-0.39, 0.29) is 18.1 Å². The van der Waals surface area contributed by atoms with Gasteiger partial charge >= 0.3 is 5.97 Å². The van der Waals surface area contributed by atoms with Crippen molar-refractivity contribution in [1.29, 1.82) is 0 Å². The van der Waals surface area contributed by atoms with Crippen LogP contribution in [0.25, 0.3) is 0 Å².